The fourth-order valence-corrected chi connectivity index (χ4v) is 5.85. The van der Waals surface area contributed by atoms with Gasteiger partial charge >= 0.3 is 11.9 Å². The van der Waals surface area contributed by atoms with E-state index < -0.39 is 19.9 Å². The lowest BCUT2D eigenvalue weighted by Crippen LogP contribution is -2.19. The third kappa shape index (κ3) is 5.89. The van der Waals surface area contributed by atoms with Crippen LogP contribution < -0.4 is 10.6 Å². The summed E-state index contributed by atoms with van der Waals surface area (Å²) in [6.07, 6.45) is -0.421. The molecular formula is C26H25O5P. The molecule has 3 aromatic carbocycles. The number of benzene rings is 3. The Hall–Kier alpha value is -3.30. The number of carboxylic acids is 1. The zero-order valence-electron chi connectivity index (χ0n) is 18.1. The van der Waals surface area contributed by atoms with Crippen molar-refractivity contribution in [3.63, 3.8) is 0 Å². The maximum Gasteiger partial charge on any atom is 0.306 e. The van der Waals surface area contributed by atoms with Gasteiger partial charge in [0.2, 0.25) is 0 Å². The zero-order valence-corrected chi connectivity index (χ0v) is 19.0. The third-order valence-corrected chi connectivity index (χ3v) is 7.24. The van der Waals surface area contributed by atoms with Crippen LogP contribution in [-0.4, -0.2) is 22.6 Å². The molecule has 0 heterocycles. The van der Waals surface area contributed by atoms with Crippen LogP contribution in [0.2, 0.25) is 0 Å². The molecule has 1 N–H and O–H groups in total. The van der Waals surface area contributed by atoms with Crippen molar-refractivity contribution in [2.24, 2.45) is 0 Å². The molecule has 5 nitrogen and oxygen atoms in total. The van der Waals surface area contributed by atoms with Crippen LogP contribution >= 0.6 is 7.92 Å². The molecule has 3 aromatic rings. The second-order valence-electron chi connectivity index (χ2n) is 7.47. The maximum absolute atomic E-state index is 13.8. The van der Waals surface area contributed by atoms with Crippen LogP contribution in [0.25, 0.3) is 0 Å². The van der Waals surface area contributed by atoms with Crippen LogP contribution in [0.5, 0.6) is 0 Å². The quantitative estimate of drug-likeness (QED) is 0.386. The Balaban J connectivity index is 1.86. The second-order valence-corrected chi connectivity index (χ2v) is 9.58. The Kier molecular flexibility index (Phi) is 7.91. The van der Waals surface area contributed by atoms with Crippen molar-refractivity contribution in [1.82, 2.24) is 0 Å². The van der Waals surface area contributed by atoms with Crippen molar-refractivity contribution in [1.29, 1.82) is 0 Å². The third-order valence-electron chi connectivity index (χ3n) is 4.98. The zero-order chi connectivity index (χ0) is 23.1. The number of ether oxygens (including phenoxy) is 1. The number of carbonyl (C=O) groups excluding carboxylic acids is 2. The van der Waals surface area contributed by atoms with Crippen LogP contribution in [0, 0.1) is 13.8 Å². The van der Waals surface area contributed by atoms with Gasteiger partial charge in [-0.05, 0) is 41.1 Å². The van der Waals surface area contributed by atoms with E-state index >= 15 is 0 Å². The molecule has 0 spiro atoms. The number of aryl methyl sites for hydroxylation is 2. The van der Waals surface area contributed by atoms with Gasteiger partial charge in [-0.1, -0.05) is 72.8 Å². The van der Waals surface area contributed by atoms with E-state index in [1.54, 1.807) is 0 Å². The van der Waals surface area contributed by atoms with Gasteiger partial charge in [-0.2, -0.15) is 0 Å². The standard InChI is InChI=1S/C26H25O5P/c1-18-15-20(17-31-24(29)14-13-23(27)28)16-19(2)25(18)26(30)32(21-9-5-3-6-10-21)22-11-7-4-8-12-22/h3-12,15-16H,13-14,17H2,1-2H3,(H,27,28). The number of esters is 1. The summed E-state index contributed by atoms with van der Waals surface area (Å²) in [6.45, 7) is 3.82. The van der Waals surface area contributed by atoms with Crippen LogP contribution in [0.1, 0.15) is 39.9 Å². The molecule has 0 aliphatic heterocycles. The van der Waals surface area contributed by atoms with E-state index in [0.717, 1.165) is 27.3 Å². The van der Waals surface area contributed by atoms with Crippen LogP contribution in [-0.2, 0) is 20.9 Å². The monoisotopic (exact) mass is 448 g/mol. The molecule has 0 radical (unpaired) electrons. The summed E-state index contributed by atoms with van der Waals surface area (Å²) in [7, 11) is -1.24. The lowest BCUT2D eigenvalue weighted by Gasteiger charge is -2.20. The summed E-state index contributed by atoms with van der Waals surface area (Å²) >= 11 is 0. The van der Waals surface area contributed by atoms with E-state index in [-0.39, 0.29) is 25.0 Å². The Morgan fingerprint density at radius 3 is 1.78 bits per heavy atom. The van der Waals surface area contributed by atoms with Gasteiger partial charge in [0.05, 0.1) is 12.8 Å². The Labute approximate surface area is 188 Å². The molecule has 0 unspecified atom stereocenters. The molecule has 0 saturated carbocycles. The van der Waals surface area contributed by atoms with Crippen molar-refractivity contribution >= 4 is 36.0 Å². The van der Waals surface area contributed by atoms with Crippen molar-refractivity contribution in [3.8, 4) is 0 Å². The molecule has 6 heteroatoms. The summed E-state index contributed by atoms with van der Waals surface area (Å²) in [5.74, 6) is -1.59. The first-order valence-electron chi connectivity index (χ1n) is 10.3. The van der Waals surface area contributed by atoms with Crippen LogP contribution in [0.3, 0.4) is 0 Å². The molecule has 164 valence electrons. The van der Waals surface area contributed by atoms with Gasteiger partial charge in [-0.25, -0.2) is 0 Å². The average Bonchev–Trinajstić information content (AvgIpc) is 2.77. The van der Waals surface area contributed by atoms with Crippen molar-refractivity contribution in [2.75, 3.05) is 0 Å². The minimum atomic E-state index is -1.24. The predicted octanol–water partition coefficient (Wildman–Crippen LogP) is 4.48. The lowest BCUT2D eigenvalue weighted by molar-refractivity contribution is -0.148. The van der Waals surface area contributed by atoms with Gasteiger partial charge in [0.25, 0.3) is 0 Å². The fourth-order valence-electron chi connectivity index (χ4n) is 3.57. The van der Waals surface area contributed by atoms with E-state index in [1.165, 1.54) is 0 Å². The fraction of sp³-hybridized carbons (Fsp3) is 0.192. The first-order chi connectivity index (χ1) is 15.4. The predicted molar refractivity (Wildman–Crippen MR) is 126 cm³/mol. The van der Waals surface area contributed by atoms with E-state index in [9.17, 15) is 14.4 Å². The van der Waals surface area contributed by atoms with Crippen LogP contribution in [0.4, 0.5) is 0 Å². The van der Waals surface area contributed by atoms with E-state index in [4.69, 9.17) is 9.84 Å². The highest BCUT2D eigenvalue weighted by atomic mass is 31.1. The average molecular weight is 448 g/mol. The topological polar surface area (TPSA) is 80.7 Å². The van der Waals surface area contributed by atoms with Gasteiger partial charge in [-0.3, -0.25) is 14.4 Å². The van der Waals surface area contributed by atoms with E-state index in [2.05, 4.69) is 0 Å². The van der Waals surface area contributed by atoms with Crippen molar-refractivity contribution in [3.05, 3.63) is 95.1 Å². The Morgan fingerprint density at radius 2 is 1.31 bits per heavy atom. The number of aliphatic carboxylic acids is 1. The highest BCUT2D eigenvalue weighted by Gasteiger charge is 2.26. The SMILES string of the molecule is Cc1cc(COC(=O)CCC(=O)O)cc(C)c1C(=O)P(c1ccccc1)c1ccccc1. The lowest BCUT2D eigenvalue weighted by atomic mass is 10.0. The molecule has 0 fully saturated rings. The first-order valence-corrected chi connectivity index (χ1v) is 11.6. The molecule has 3 rings (SSSR count). The van der Waals surface area contributed by atoms with Gasteiger partial charge < -0.3 is 9.84 Å². The van der Waals surface area contributed by atoms with Crippen molar-refractivity contribution in [2.45, 2.75) is 33.3 Å². The van der Waals surface area contributed by atoms with Crippen LogP contribution in [0.15, 0.2) is 72.8 Å². The molecule has 0 saturated heterocycles. The molecule has 0 aliphatic carbocycles. The summed E-state index contributed by atoms with van der Waals surface area (Å²) < 4.78 is 5.19. The summed E-state index contributed by atoms with van der Waals surface area (Å²) in [6, 6.07) is 23.3. The van der Waals surface area contributed by atoms with Gasteiger partial charge in [0.1, 0.15) is 6.61 Å². The minimum absolute atomic E-state index is 0.0424. The Bertz CT molecular complexity index is 1050. The molecule has 0 aromatic heterocycles. The number of carboxylic acid groups (broad SMARTS) is 1. The van der Waals surface area contributed by atoms with Gasteiger partial charge in [-0.15, -0.1) is 0 Å². The number of hydrogen-bond acceptors (Lipinski definition) is 4. The normalized spacial score (nSPS) is 10.7. The number of hydrogen-bond donors (Lipinski definition) is 1. The highest BCUT2D eigenvalue weighted by Crippen LogP contribution is 2.39. The highest BCUT2D eigenvalue weighted by molar-refractivity contribution is 7.88. The second kappa shape index (κ2) is 10.8. The van der Waals surface area contributed by atoms with Gasteiger partial charge in [0.15, 0.2) is 5.52 Å². The molecule has 0 amide bonds. The summed E-state index contributed by atoms with van der Waals surface area (Å²) in [4.78, 5) is 36.1. The first kappa shape index (κ1) is 23.4. The minimum Gasteiger partial charge on any atom is -0.481 e. The molecule has 0 aliphatic rings. The smallest absolute Gasteiger partial charge is 0.306 e. The Morgan fingerprint density at radius 1 is 0.812 bits per heavy atom. The molecule has 32 heavy (non-hydrogen) atoms. The summed E-state index contributed by atoms with van der Waals surface area (Å²) in [5, 5.41) is 10.7. The summed E-state index contributed by atoms with van der Waals surface area (Å²) in [5.41, 5.74) is 3.18. The van der Waals surface area contributed by atoms with Gasteiger partial charge in [0, 0.05) is 13.5 Å². The molecule has 0 bridgehead atoms. The maximum atomic E-state index is 13.8. The number of carbonyl (C=O) groups is 3. The number of rotatable bonds is 9. The van der Waals surface area contributed by atoms with Crippen molar-refractivity contribution < 1.29 is 24.2 Å². The van der Waals surface area contributed by atoms with E-state index in [1.807, 2.05) is 86.6 Å². The van der Waals surface area contributed by atoms with E-state index in [0.29, 0.717) is 5.56 Å². The largest absolute Gasteiger partial charge is 0.481 e. The molecular weight excluding hydrogens is 423 g/mol. The molecule has 0 atom stereocenters.